The molecule has 0 aliphatic rings. The second-order valence-electron chi connectivity index (χ2n) is 4.33. The highest BCUT2D eigenvalue weighted by atomic mass is 16.5. The van der Waals surface area contributed by atoms with E-state index in [9.17, 15) is 10.2 Å². The number of benzene rings is 1. The number of methoxy groups -OCH3 is 2. The van der Waals surface area contributed by atoms with Crippen LogP contribution < -0.4 is 9.47 Å². The van der Waals surface area contributed by atoms with E-state index in [0.717, 1.165) is 0 Å². The first-order chi connectivity index (χ1) is 8.41. The van der Waals surface area contributed by atoms with Crippen LogP contribution in [0.4, 0.5) is 0 Å². The van der Waals surface area contributed by atoms with Crippen molar-refractivity contribution in [1.29, 1.82) is 0 Å². The topological polar surface area (TPSA) is 58.9 Å². The monoisotopic (exact) mass is 250 g/mol. The highest BCUT2D eigenvalue weighted by Gasteiger charge is 2.12. The van der Waals surface area contributed by atoms with Crippen LogP contribution in [-0.2, 0) is 6.61 Å². The van der Waals surface area contributed by atoms with Gasteiger partial charge in [-0.05, 0) is 19.9 Å². The summed E-state index contributed by atoms with van der Waals surface area (Å²) in [6.45, 7) is 3.01. The Morgan fingerprint density at radius 1 is 1.22 bits per heavy atom. The zero-order valence-electron chi connectivity index (χ0n) is 11.1. The zero-order chi connectivity index (χ0) is 13.8. The molecular formula is C14H18O4. The van der Waals surface area contributed by atoms with Crippen molar-refractivity contribution >= 4 is 0 Å². The van der Waals surface area contributed by atoms with Gasteiger partial charge < -0.3 is 19.7 Å². The van der Waals surface area contributed by atoms with E-state index in [-0.39, 0.29) is 6.61 Å². The van der Waals surface area contributed by atoms with Gasteiger partial charge >= 0.3 is 0 Å². The molecule has 0 aliphatic heterocycles. The highest BCUT2D eigenvalue weighted by Crippen LogP contribution is 2.28. The van der Waals surface area contributed by atoms with E-state index < -0.39 is 5.60 Å². The third kappa shape index (κ3) is 3.66. The summed E-state index contributed by atoms with van der Waals surface area (Å²) in [5.41, 5.74) is 0.0587. The molecule has 98 valence electrons. The number of aliphatic hydroxyl groups is 2. The van der Waals surface area contributed by atoms with Crippen LogP contribution in [0, 0.1) is 11.8 Å². The van der Waals surface area contributed by atoms with Crippen LogP contribution in [0.25, 0.3) is 0 Å². The average Bonchev–Trinajstić information content (AvgIpc) is 2.34. The lowest BCUT2D eigenvalue weighted by Gasteiger charge is -2.12. The third-order valence-corrected chi connectivity index (χ3v) is 2.28. The molecule has 0 heterocycles. The summed E-state index contributed by atoms with van der Waals surface area (Å²) in [5.74, 6) is 6.63. The summed E-state index contributed by atoms with van der Waals surface area (Å²) in [5, 5.41) is 19.0. The number of aliphatic hydroxyl groups excluding tert-OH is 1. The van der Waals surface area contributed by atoms with E-state index in [2.05, 4.69) is 11.8 Å². The van der Waals surface area contributed by atoms with Crippen molar-refractivity contribution in [2.45, 2.75) is 26.1 Å². The molecule has 0 unspecified atom stereocenters. The van der Waals surface area contributed by atoms with Crippen LogP contribution in [-0.4, -0.2) is 30.0 Å². The van der Waals surface area contributed by atoms with Gasteiger partial charge in [0.2, 0.25) is 0 Å². The molecule has 0 radical (unpaired) electrons. The Morgan fingerprint density at radius 3 is 2.33 bits per heavy atom. The molecule has 4 heteroatoms. The molecule has 0 saturated heterocycles. The number of hydrogen-bond donors (Lipinski definition) is 2. The zero-order valence-corrected chi connectivity index (χ0v) is 11.1. The van der Waals surface area contributed by atoms with Crippen LogP contribution in [0.3, 0.4) is 0 Å². The molecule has 0 bridgehead atoms. The maximum absolute atomic E-state index is 9.61. The minimum absolute atomic E-state index is 0.177. The SMILES string of the molecule is COc1cc(CO)c(C#CC(C)(C)O)c(OC)c1. The first kappa shape index (κ1) is 14.4. The number of rotatable bonds is 3. The average molecular weight is 250 g/mol. The molecule has 0 fully saturated rings. The fourth-order valence-corrected chi connectivity index (χ4v) is 1.41. The maximum Gasteiger partial charge on any atom is 0.138 e. The molecule has 1 aromatic rings. The van der Waals surface area contributed by atoms with Crippen LogP contribution in [0.15, 0.2) is 12.1 Å². The lowest BCUT2D eigenvalue weighted by Crippen LogP contribution is -2.14. The van der Waals surface area contributed by atoms with Gasteiger partial charge in [0.15, 0.2) is 0 Å². The Kier molecular flexibility index (Phi) is 4.60. The van der Waals surface area contributed by atoms with Crippen molar-refractivity contribution in [3.05, 3.63) is 23.3 Å². The number of ether oxygens (including phenoxy) is 2. The van der Waals surface area contributed by atoms with Crippen molar-refractivity contribution in [2.75, 3.05) is 14.2 Å². The summed E-state index contributed by atoms with van der Waals surface area (Å²) in [6.07, 6.45) is 0. The predicted molar refractivity (Wildman–Crippen MR) is 68.6 cm³/mol. The largest absolute Gasteiger partial charge is 0.497 e. The van der Waals surface area contributed by atoms with Crippen LogP contribution in [0.1, 0.15) is 25.0 Å². The molecule has 4 nitrogen and oxygen atoms in total. The first-order valence-electron chi connectivity index (χ1n) is 5.52. The van der Waals surface area contributed by atoms with E-state index in [1.807, 2.05) is 0 Å². The molecule has 1 aromatic carbocycles. The van der Waals surface area contributed by atoms with Gasteiger partial charge in [0, 0.05) is 11.6 Å². The Labute approximate surface area is 107 Å². The second-order valence-corrected chi connectivity index (χ2v) is 4.33. The molecule has 0 atom stereocenters. The van der Waals surface area contributed by atoms with E-state index in [0.29, 0.717) is 22.6 Å². The van der Waals surface area contributed by atoms with Gasteiger partial charge in [-0.15, -0.1) is 0 Å². The number of hydrogen-bond acceptors (Lipinski definition) is 4. The minimum atomic E-state index is -1.10. The van der Waals surface area contributed by atoms with E-state index in [1.165, 1.54) is 14.2 Å². The summed E-state index contributed by atoms with van der Waals surface area (Å²) in [6, 6.07) is 3.38. The highest BCUT2D eigenvalue weighted by molar-refractivity contribution is 5.55. The van der Waals surface area contributed by atoms with Gasteiger partial charge in [0.25, 0.3) is 0 Å². The summed E-state index contributed by atoms with van der Waals surface area (Å²) < 4.78 is 10.3. The minimum Gasteiger partial charge on any atom is -0.497 e. The summed E-state index contributed by atoms with van der Waals surface area (Å²) in [4.78, 5) is 0. The molecule has 1 rings (SSSR count). The van der Waals surface area contributed by atoms with Crippen molar-refractivity contribution in [3.8, 4) is 23.3 Å². The van der Waals surface area contributed by atoms with Gasteiger partial charge in [0.05, 0.1) is 26.4 Å². The van der Waals surface area contributed by atoms with Gasteiger partial charge in [0.1, 0.15) is 17.1 Å². The van der Waals surface area contributed by atoms with Crippen LogP contribution in [0.5, 0.6) is 11.5 Å². The third-order valence-electron chi connectivity index (χ3n) is 2.28. The van der Waals surface area contributed by atoms with Crippen LogP contribution in [0.2, 0.25) is 0 Å². The van der Waals surface area contributed by atoms with E-state index in [1.54, 1.807) is 26.0 Å². The van der Waals surface area contributed by atoms with Crippen molar-refractivity contribution in [3.63, 3.8) is 0 Å². The summed E-state index contributed by atoms with van der Waals surface area (Å²) >= 11 is 0. The van der Waals surface area contributed by atoms with E-state index >= 15 is 0 Å². The lowest BCUT2D eigenvalue weighted by atomic mass is 10.0. The van der Waals surface area contributed by atoms with Gasteiger partial charge in [-0.3, -0.25) is 0 Å². The first-order valence-corrected chi connectivity index (χ1v) is 5.52. The van der Waals surface area contributed by atoms with Gasteiger partial charge in [-0.1, -0.05) is 11.8 Å². The smallest absolute Gasteiger partial charge is 0.138 e. The predicted octanol–water partition coefficient (Wildman–Crippen LogP) is 1.32. The van der Waals surface area contributed by atoms with Crippen LogP contribution >= 0.6 is 0 Å². The maximum atomic E-state index is 9.61. The Morgan fingerprint density at radius 2 is 1.89 bits per heavy atom. The Hall–Kier alpha value is -1.70. The normalized spacial score (nSPS) is 10.6. The molecule has 18 heavy (non-hydrogen) atoms. The van der Waals surface area contributed by atoms with E-state index in [4.69, 9.17) is 9.47 Å². The van der Waals surface area contributed by atoms with Crippen molar-refractivity contribution < 1.29 is 19.7 Å². The molecule has 0 amide bonds. The van der Waals surface area contributed by atoms with Gasteiger partial charge in [-0.2, -0.15) is 0 Å². The fourth-order valence-electron chi connectivity index (χ4n) is 1.41. The molecule has 0 saturated carbocycles. The van der Waals surface area contributed by atoms with Gasteiger partial charge in [-0.25, -0.2) is 0 Å². The molecule has 0 spiro atoms. The van der Waals surface area contributed by atoms with Crippen molar-refractivity contribution in [2.24, 2.45) is 0 Å². The second kappa shape index (κ2) is 5.76. The summed E-state index contributed by atoms with van der Waals surface area (Å²) in [7, 11) is 3.06. The Balaban J connectivity index is 3.35. The van der Waals surface area contributed by atoms with Crippen molar-refractivity contribution in [1.82, 2.24) is 0 Å². The lowest BCUT2D eigenvalue weighted by molar-refractivity contribution is 0.143. The molecular weight excluding hydrogens is 232 g/mol. The molecule has 0 aromatic heterocycles. The molecule has 0 aliphatic carbocycles. The standard InChI is InChI=1S/C14H18O4/c1-14(2,16)6-5-12-10(9-15)7-11(17-3)8-13(12)18-4/h7-8,15-16H,9H2,1-4H3. The Bertz CT molecular complexity index is 450. The molecule has 2 N–H and O–H groups in total. The fraction of sp³-hybridized carbons (Fsp3) is 0.429. The quantitative estimate of drug-likeness (QED) is 0.794.